The van der Waals surface area contributed by atoms with E-state index < -0.39 is 5.97 Å². The lowest BCUT2D eigenvalue weighted by Crippen LogP contribution is -2.07. The lowest BCUT2D eigenvalue weighted by molar-refractivity contribution is -0.142. The van der Waals surface area contributed by atoms with Crippen LogP contribution < -0.4 is 0 Å². The Morgan fingerprint density at radius 2 is 2.25 bits per heavy atom. The molecule has 68 valence electrons. The van der Waals surface area contributed by atoms with Gasteiger partial charge in [-0.25, -0.2) is 4.79 Å². The smallest absolute Gasteiger partial charge is 0.373 e. The highest BCUT2D eigenvalue weighted by atomic mass is 16.5. The standard InChI is InChI=1S/C9H14O3/c1-3-5-6-8(10)9(11)12-7-4-2/h3,5-6,10H,4,7H2,1-2H3/b5-3+,8-6+. The molecule has 0 amide bonds. The topological polar surface area (TPSA) is 46.5 Å². The molecule has 3 nitrogen and oxygen atoms in total. The van der Waals surface area contributed by atoms with Crippen molar-refractivity contribution >= 4 is 5.97 Å². The zero-order valence-corrected chi connectivity index (χ0v) is 7.41. The third kappa shape index (κ3) is 4.55. The van der Waals surface area contributed by atoms with E-state index in [2.05, 4.69) is 4.74 Å². The van der Waals surface area contributed by atoms with Crippen LogP contribution in [0.2, 0.25) is 0 Å². The molecule has 0 aromatic rings. The van der Waals surface area contributed by atoms with Gasteiger partial charge >= 0.3 is 5.97 Å². The average molecular weight is 170 g/mol. The highest BCUT2D eigenvalue weighted by Gasteiger charge is 2.05. The van der Waals surface area contributed by atoms with Crippen molar-refractivity contribution in [2.24, 2.45) is 0 Å². The summed E-state index contributed by atoms with van der Waals surface area (Å²) < 4.78 is 4.66. The Hall–Kier alpha value is -1.25. The monoisotopic (exact) mass is 170 g/mol. The molecule has 0 radical (unpaired) electrons. The zero-order valence-electron chi connectivity index (χ0n) is 7.41. The first-order valence-electron chi connectivity index (χ1n) is 3.91. The summed E-state index contributed by atoms with van der Waals surface area (Å²) in [6.45, 7) is 4.02. The fourth-order valence-electron chi connectivity index (χ4n) is 0.524. The number of carbonyl (C=O) groups excluding carboxylic acids is 1. The summed E-state index contributed by atoms with van der Waals surface area (Å²) in [5, 5.41) is 9.01. The Bertz CT molecular complexity index is 192. The van der Waals surface area contributed by atoms with Gasteiger partial charge in [0, 0.05) is 0 Å². The van der Waals surface area contributed by atoms with Crippen LogP contribution in [0.25, 0.3) is 0 Å². The van der Waals surface area contributed by atoms with Crippen molar-refractivity contribution < 1.29 is 14.6 Å². The van der Waals surface area contributed by atoms with E-state index in [1.807, 2.05) is 6.92 Å². The maximum atomic E-state index is 10.8. The minimum absolute atomic E-state index is 0.340. The van der Waals surface area contributed by atoms with Gasteiger partial charge in [-0.15, -0.1) is 0 Å². The number of esters is 1. The molecule has 0 heterocycles. The minimum Gasteiger partial charge on any atom is -0.502 e. The maximum absolute atomic E-state index is 10.8. The predicted octanol–water partition coefficient (Wildman–Crippen LogP) is 1.96. The third-order valence-corrected chi connectivity index (χ3v) is 1.09. The summed E-state index contributed by atoms with van der Waals surface area (Å²) >= 11 is 0. The number of allylic oxidation sites excluding steroid dienone is 3. The highest BCUT2D eigenvalue weighted by molar-refractivity contribution is 5.85. The minimum atomic E-state index is -0.671. The van der Waals surface area contributed by atoms with Crippen molar-refractivity contribution in [3.8, 4) is 0 Å². The lowest BCUT2D eigenvalue weighted by Gasteiger charge is -1.99. The van der Waals surface area contributed by atoms with Gasteiger partial charge in [0.1, 0.15) is 0 Å². The Morgan fingerprint density at radius 1 is 1.58 bits per heavy atom. The van der Waals surface area contributed by atoms with Crippen molar-refractivity contribution in [1.82, 2.24) is 0 Å². The molecule has 0 spiro atoms. The molecule has 0 saturated heterocycles. The summed E-state index contributed by atoms with van der Waals surface area (Å²) in [6, 6.07) is 0. The number of carbonyl (C=O) groups is 1. The predicted molar refractivity (Wildman–Crippen MR) is 46.8 cm³/mol. The van der Waals surface area contributed by atoms with E-state index in [0.29, 0.717) is 6.61 Å². The molecule has 3 heteroatoms. The zero-order chi connectivity index (χ0) is 9.40. The molecule has 0 bridgehead atoms. The van der Waals surface area contributed by atoms with Crippen molar-refractivity contribution in [1.29, 1.82) is 0 Å². The second-order valence-corrected chi connectivity index (χ2v) is 2.21. The number of hydrogen-bond acceptors (Lipinski definition) is 3. The normalized spacial score (nSPS) is 12.0. The van der Waals surface area contributed by atoms with Crippen molar-refractivity contribution in [2.75, 3.05) is 6.61 Å². The van der Waals surface area contributed by atoms with Gasteiger partial charge in [-0.05, 0) is 19.4 Å². The van der Waals surface area contributed by atoms with Crippen LogP contribution in [0.3, 0.4) is 0 Å². The van der Waals surface area contributed by atoms with Crippen LogP contribution in [0, 0.1) is 0 Å². The Balaban J connectivity index is 3.92. The van der Waals surface area contributed by atoms with Crippen molar-refractivity contribution in [3.05, 3.63) is 24.0 Å². The molecule has 0 aromatic heterocycles. The number of aliphatic hydroxyl groups excluding tert-OH is 1. The van der Waals surface area contributed by atoms with Gasteiger partial charge in [0.2, 0.25) is 5.76 Å². The molecule has 0 atom stereocenters. The highest BCUT2D eigenvalue weighted by Crippen LogP contribution is 1.94. The van der Waals surface area contributed by atoms with E-state index >= 15 is 0 Å². The Labute approximate surface area is 72.3 Å². The fourth-order valence-corrected chi connectivity index (χ4v) is 0.524. The number of aliphatic hydroxyl groups is 1. The van der Waals surface area contributed by atoms with E-state index in [9.17, 15) is 4.79 Å². The first-order valence-corrected chi connectivity index (χ1v) is 3.91. The summed E-state index contributed by atoms with van der Waals surface area (Å²) in [4.78, 5) is 10.8. The van der Waals surface area contributed by atoms with E-state index in [0.717, 1.165) is 6.42 Å². The SMILES string of the molecule is C/C=C/C=C(/O)C(=O)OCCC. The molecule has 0 saturated carbocycles. The van der Waals surface area contributed by atoms with Gasteiger partial charge in [0.05, 0.1) is 6.61 Å². The maximum Gasteiger partial charge on any atom is 0.373 e. The number of rotatable bonds is 4. The Kier molecular flexibility index (Phi) is 5.79. The van der Waals surface area contributed by atoms with Gasteiger partial charge in [-0.1, -0.05) is 19.1 Å². The second kappa shape index (κ2) is 6.46. The van der Waals surface area contributed by atoms with E-state index in [1.54, 1.807) is 19.1 Å². The third-order valence-electron chi connectivity index (χ3n) is 1.09. The van der Waals surface area contributed by atoms with Gasteiger partial charge in [-0.2, -0.15) is 0 Å². The molecule has 0 unspecified atom stereocenters. The molecule has 12 heavy (non-hydrogen) atoms. The van der Waals surface area contributed by atoms with Gasteiger partial charge in [0.25, 0.3) is 0 Å². The molecule has 0 aliphatic carbocycles. The first-order chi connectivity index (χ1) is 5.72. The summed E-state index contributed by atoms with van der Waals surface area (Å²) in [7, 11) is 0. The van der Waals surface area contributed by atoms with Gasteiger partial charge in [0.15, 0.2) is 0 Å². The van der Waals surface area contributed by atoms with Crippen LogP contribution >= 0.6 is 0 Å². The van der Waals surface area contributed by atoms with Crippen LogP contribution in [-0.2, 0) is 9.53 Å². The molecular formula is C9H14O3. The van der Waals surface area contributed by atoms with Crippen LogP contribution in [0.4, 0.5) is 0 Å². The van der Waals surface area contributed by atoms with Crippen LogP contribution in [0.15, 0.2) is 24.0 Å². The van der Waals surface area contributed by atoms with Gasteiger partial charge in [-0.3, -0.25) is 0 Å². The van der Waals surface area contributed by atoms with E-state index in [-0.39, 0.29) is 5.76 Å². The molecule has 0 aromatic carbocycles. The molecular weight excluding hydrogens is 156 g/mol. The molecule has 0 fully saturated rings. The molecule has 0 rings (SSSR count). The quantitative estimate of drug-likeness (QED) is 0.303. The van der Waals surface area contributed by atoms with Crippen LogP contribution in [-0.4, -0.2) is 17.7 Å². The second-order valence-electron chi connectivity index (χ2n) is 2.21. The molecule has 1 N–H and O–H groups in total. The van der Waals surface area contributed by atoms with Crippen LogP contribution in [0.1, 0.15) is 20.3 Å². The summed E-state index contributed by atoms with van der Waals surface area (Å²) in [5.41, 5.74) is 0. The first kappa shape index (κ1) is 10.8. The fraction of sp³-hybridized carbons (Fsp3) is 0.444. The lowest BCUT2D eigenvalue weighted by atomic mass is 10.4. The Morgan fingerprint density at radius 3 is 2.75 bits per heavy atom. The van der Waals surface area contributed by atoms with Crippen molar-refractivity contribution in [3.63, 3.8) is 0 Å². The molecule has 0 aliphatic heterocycles. The van der Waals surface area contributed by atoms with Crippen molar-refractivity contribution in [2.45, 2.75) is 20.3 Å². The average Bonchev–Trinajstić information content (AvgIpc) is 2.10. The summed E-state index contributed by atoms with van der Waals surface area (Å²) in [5.74, 6) is -1.03. The largest absolute Gasteiger partial charge is 0.502 e. The molecule has 0 aliphatic rings. The van der Waals surface area contributed by atoms with E-state index in [4.69, 9.17) is 5.11 Å². The van der Waals surface area contributed by atoms with E-state index in [1.165, 1.54) is 6.08 Å². The number of ether oxygens (including phenoxy) is 1. The number of hydrogen-bond donors (Lipinski definition) is 1. The van der Waals surface area contributed by atoms with Crippen LogP contribution in [0.5, 0.6) is 0 Å². The van der Waals surface area contributed by atoms with Gasteiger partial charge < -0.3 is 9.84 Å². The summed E-state index contributed by atoms with van der Waals surface area (Å²) in [6.07, 6.45) is 5.34.